The van der Waals surface area contributed by atoms with Gasteiger partial charge in [-0.05, 0) is 37.1 Å². The summed E-state index contributed by atoms with van der Waals surface area (Å²) in [6, 6.07) is 14.7. The van der Waals surface area contributed by atoms with Crippen LogP contribution in [0.1, 0.15) is 34.5 Å². The highest BCUT2D eigenvalue weighted by atomic mass is 32.2. The summed E-state index contributed by atoms with van der Waals surface area (Å²) >= 11 is 1.29. The lowest BCUT2D eigenvalue weighted by Gasteiger charge is -2.18. The van der Waals surface area contributed by atoms with Crippen LogP contribution >= 0.6 is 11.8 Å². The zero-order valence-electron chi connectivity index (χ0n) is 17.0. The standard InChI is InChI=1S/C22H23N3O4S/c1-14-9-15(2)11-18(10-14)24-22(27)21(17-7-5-4-6-8-17)28-20(26)13-30-12-19-23-16(3)29-25-19/h4-11,21H,12-13H2,1-3H3,(H,24,27). The van der Waals surface area contributed by atoms with Gasteiger partial charge in [0.2, 0.25) is 12.0 Å². The van der Waals surface area contributed by atoms with E-state index in [1.165, 1.54) is 11.8 Å². The van der Waals surface area contributed by atoms with E-state index in [4.69, 9.17) is 9.26 Å². The minimum absolute atomic E-state index is 0.0632. The number of ether oxygens (including phenoxy) is 1. The summed E-state index contributed by atoms with van der Waals surface area (Å²) in [7, 11) is 0. The maximum atomic E-state index is 12.9. The van der Waals surface area contributed by atoms with Crippen molar-refractivity contribution in [2.24, 2.45) is 0 Å². The molecule has 1 amide bonds. The van der Waals surface area contributed by atoms with Crippen LogP contribution in [0, 0.1) is 20.8 Å². The number of carbonyl (C=O) groups is 2. The summed E-state index contributed by atoms with van der Waals surface area (Å²) in [6.07, 6.45) is -1.05. The van der Waals surface area contributed by atoms with E-state index >= 15 is 0 Å². The second kappa shape index (κ2) is 10.1. The van der Waals surface area contributed by atoms with Gasteiger partial charge >= 0.3 is 5.97 Å². The first kappa shape index (κ1) is 21.6. The first-order valence-electron chi connectivity index (χ1n) is 9.41. The van der Waals surface area contributed by atoms with Crippen molar-refractivity contribution < 1.29 is 18.8 Å². The minimum atomic E-state index is -1.05. The average molecular weight is 426 g/mol. The van der Waals surface area contributed by atoms with E-state index in [2.05, 4.69) is 15.5 Å². The van der Waals surface area contributed by atoms with Gasteiger partial charge in [-0.3, -0.25) is 9.59 Å². The van der Waals surface area contributed by atoms with Crippen molar-refractivity contribution in [3.05, 3.63) is 76.9 Å². The molecule has 0 aliphatic heterocycles. The van der Waals surface area contributed by atoms with Crippen LogP contribution in [0.25, 0.3) is 0 Å². The molecule has 0 bridgehead atoms. The van der Waals surface area contributed by atoms with Crippen LogP contribution < -0.4 is 5.32 Å². The van der Waals surface area contributed by atoms with E-state index in [1.807, 2.05) is 38.1 Å². The first-order valence-corrected chi connectivity index (χ1v) is 10.6. The van der Waals surface area contributed by atoms with E-state index in [-0.39, 0.29) is 5.75 Å². The Morgan fingerprint density at radius 3 is 2.43 bits per heavy atom. The number of anilines is 1. The second-order valence-corrected chi connectivity index (χ2v) is 7.85. The molecule has 0 radical (unpaired) electrons. The molecule has 0 saturated heterocycles. The molecule has 0 aliphatic rings. The number of aromatic nitrogens is 2. The van der Waals surface area contributed by atoms with E-state index < -0.39 is 18.0 Å². The monoisotopic (exact) mass is 425 g/mol. The molecule has 1 aromatic heterocycles. The maximum absolute atomic E-state index is 12.9. The number of nitrogens with one attached hydrogen (secondary N) is 1. The fourth-order valence-electron chi connectivity index (χ4n) is 2.95. The summed E-state index contributed by atoms with van der Waals surface area (Å²) < 4.78 is 10.4. The molecule has 156 valence electrons. The highest BCUT2D eigenvalue weighted by Gasteiger charge is 2.25. The summed E-state index contributed by atoms with van der Waals surface area (Å²) in [5.41, 5.74) is 3.33. The van der Waals surface area contributed by atoms with E-state index in [0.29, 0.717) is 28.7 Å². The van der Waals surface area contributed by atoms with E-state index in [0.717, 1.165) is 11.1 Å². The Labute approximate surface area is 179 Å². The van der Waals surface area contributed by atoms with Gasteiger partial charge < -0.3 is 14.6 Å². The molecule has 30 heavy (non-hydrogen) atoms. The topological polar surface area (TPSA) is 94.3 Å². The lowest BCUT2D eigenvalue weighted by atomic mass is 10.1. The van der Waals surface area contributed by atoms with Crippen molar-refractivity contribution in [1.29, 1.82) is 0 Å². The number of aryl methyl sites for hydroxylation is 3. The van der Waals surface area contributed by atoms with Crippen LogP contribution in [0.3, 0.4) is 0 Å². The largest absolute Gasteiger partial charge is 0.447 e. The fraction of sp³-hybridized carbons (Fsp3) is 0.273. The molecule has 3 rings (SSSR count). The Kier molecular flexibility index (Phi) is 7.24. The molecule has 0 spiro atoms. The van der Waals surface area contributed by atoms with Crippen LogP contribution in [0.4, 0.5) is 5.69 Å². The zero-order valence-corrected chi connectivity index (χ0v) is 17.9. The van der Waals surface area contributed by atoms with Crippen molar-refractivity contribution >= 4 is 29.3 Å². The highest BCUT2D eigenvalue weighted by molar-refractivity contribution is 7.99. The highest BCUT2D eigenvalue weighted by Crippen LogP contribution is 2.22. The number of hydrogen-bond acceptors (Lipinski definition) is 7. The number of benzene rings is 2. The van der Waals surface area contributed by atoms with Crippen molar-refractivity contribution in [1.82, 2.24) is 10.1 Å². The van der Waals surface area contributed by atoms with Crippen LogP contribution in [-0.2, 0) is 20.1 Å². The number of thioether (sulfide) groups is 1. The molecule has 1 N–H and O–H groups in total. The number of hydrogen-bond donors (Lipinski definition) is 1. The second-order valence-electron chi connectivity index (χ2n) is 6.87. The average Bonchev–Trinajstić information content (AvgIpc) is 3.11. The van der Waals surface area contributed by atoms with Gasteiger partial charge in [-0.15, -0.1) is 11.8 Å². The summed E-state index contributed by atoms with van der Waals surface area (Å²) in [4.78, 5) is 29.4. The summed E-state index contributed by atoms with van der Waals surface area (Å²) in [5, 5.41) is 6.64. The SMILES string of the molecule is Cc1cc(C)cc(NC(=O)C(OC(=O)CSCc2noc(C)n2)c2ccccc2)c1. The van der Waals surface area contributed by atoms with Gasteiger partial charge in [0.05, 0.1) is 11.5 Å². The molecule has 7 nitrogen and oxygen atoms in total. The first-order chi connectivity index (χ1) is 14.4. The third kappa shape index (κ3) is 6.18. The predicted molar refractivity (Wildman–Crippen MR) is 115 cm³/mol. The molecule has 1 unspecified atom stereocenters. The molecule has 0 aliphatic carbocycles. The van der Waals surface area contributed by atoms with Gasteiger partial charge in [-0.1, -0.05) is 41.6 Å². The lowest BCUT2D eigenvalue weighted by molar-refractivity contribution is -0.152. The molecule has 3 aromatic rings. The lowest BCUT2D eigenvalue weighted by Crippen LogP contribution is -2.26. The molecule has 2 aromatic carbocycles. The van der Waals surface area contributed by atoms with Gasteiger partial charge in [-0.2, -0.15) is 4.98 Å². The number of rotatable bonds is 8. The van der Waals surface area contributed by atoms with Crippen molar-refractivity contribution in [3.63, 3.8) is 0 Å². The van der Waals surface area contributed by atoms with Crippen molar-refractivity contribution in [2.45, 2.75) is 32.6 Å². The van der Waals surface area contributed by atoms with Crippen LogP contribution in [0.2, 0.25) is 0 Å². The minimum Gasteiger partial charge on any atom is -0.447 e. The molecular weight excluding hydrogens is 402 g/mol. The van der Waals surface area contributed by atoms with E-state index in [1.54, 1.807) is 31.2 Å². The van der Waals surface area contributed by atoms with Gasteiger partial charge in [0.25, 0.3) is 5.91 Å². The van der Waals surface area contributed by atoms with Crippen molar-refractivity contribution in [3.8, 4) is 0 Å². The number of amides is 1. The maximum Gasteiger partial charge on any atom is 0.317 e. The Balaban J connectivity index is 1.66. The molecule has 8 heteroatoms. The zero-order chi connectivity index (χ0) is 21.5. The Hall–Kier alpha value is -3.13. The predicted octanol–water partition coefficient (Wildman–Crippen LogP) is 4.15. The van der Waals surface area contributed by atoms with Gasteiger partial charge in [-0.25, -0.2) is 0 Å². The molecule has 0 saturated carbocycles. The van der Waals surface area contributed by atoms with Gasteiger partial charge in [0.1, 0.15) is 0 Å². The number of nitrogens with zero attached hydrogens (tertiary/aromatic N) is 2. The molecule has 1 atom stereocenters. The quantitative estimate of drug-likeness (QED) is 0.542. The van der Waals surface area contributed by atoms with Gasteiger partial charge in [0.15, 0.2) is 5.82 Å². The van der Waals surface area contributed by atoms with Gasteiger partial charge in [0, 0.05) is 18.2 Å². The molecule has 1 heterocycles. The van der Waals surface area contributed by atoms with E-state index in [9.17, 15) is 9.59 Å². The molecule has 0 fully saturated rings. The van der Waals surface area contributed by atoms with Crippen LogP contribution in [-0.4, -0.2) is 27.8 Å². The Morgan fingerprint density at radius 1 is 1.10 bits per heavy atom. The Morgan fingerprint density at radius 2 is 1.80 bits per heavy atom. The number of carbonyl (C=O) groups excluding carboxylic acids is 2. The molecular formula is C22H23N3O4S. The summed E-state index contributed by atoms with van der Waals surface area (Å²) in [5.74, 6) is 0.561. The smallest absolute Gasteiger partial charge is 0.317 e. The third-order valence-corrected chi connectivity index (χ3v) is 5.00. The van der Waals surface area contributed by atoms with Crippen LogP contribution in [0.5, 0.6) is 0 Å². The fourth-order valence-corrected chi connectivity index (χ4v) is 3.58. The van der Waals surface area contributed by atoms with Crippen molar-refractivity contribution in [2.75, 3.05) is 11.1 Å². The summed E-state index contributed by atoms with van der Waals surface area (Å²) in [6.45, 7) is 5.62. The normalized spacial score (nSPS) is 11.7. The third-order valence-electron chi connectivity index (χ3n) is 4.10. The van der Waals surface area contributed by atoms with Crippen LogP contribution in [0.15, 0.2) is 53.1 Å². The number of esters is 1. The Bertz CT molecular complexity index is 1000.